The molecule has 3 aliphatic rings. The number of hydrogen-bond donors (Lipinski definition) is 2. The van der Waals surface area contributed by atoms with E-state index in [0.717, 1.165) is 50.8 Å². The number of hydrogen-bond acceptors (Lipinski definition) is 10. The van der Waals surface area contributed by atoms with Crippen LogP contribution in [0.2, 0.25) is 0 Å². The number of rotatable bonds is 12. The molecule has 0 unspecified atom stereocenters. The SMILES string of the molecule is CC[C@@H]1C(=O)N(C)c2cnc(Nc3ccc(C(=O)NCC(C)(C)CCOC4CCN(C(=O)OC(C)(C)C)CC4)cc3OC)nc2N1C1CCCC1. The fourth-order valence-corrected chi connectivity index (χ4v) is 7.04. The summed E-state index contributed by atoms with van der Waals surface area (Å²) in [5.74, 6) is 1.52. The number of anilines is 4. The molecule has 13 heteroatoms. The largest absolute Gasteiger partial charge is 0.495 e. The second-order valence-electron chi connectivity index (χ2n) is 15.7. The lowest BCUT2D eigenvalue weighted by Gasteiger charge is -2.43. The molecule has 13 nitrogen and oxygen atoms in total. The first-order chi connectivity index (χ1) is 24.2. The number of benzene rings is 1. The van der Waals surface area contributed by atoms with Gasteiger partial charge in [0.05, 0.1) is 25.1 Å². The van der Waals surface area contributed by atoms with Crippen molar-refractivity contribution in [2.45, 2.75) is 117 Å². The summed E-state index contributed by atoms with van der Waals surface area (Å²) in [6.07, 6.45) is 8.94. The van der Waals surface area contributed by atoms with E-state index >= 15 is 0 Å². The zero-order chi connectivity index (χ0) is 36.9. The van der Waals surface area contributed by atoms with Crippen molar-refractivity contribution in [3.8, 4) is 5.75 Å². The predicted molar refractivity (Wildman–Crippen MR) is 198 cm³/mol. The van der Waals surface area contributed by atoms with Crippen LogP contribution in [0.5, 0.6) is 5.75 Å². The van der Waals surface area contributed by atoms with Gasteiger partial charge >= 0.3 is 6.09 Å². The molecule has 2 fully saturated rings. The number of carbonyl (C=O) groups excluding carboxylic acids is 3. The van der Waals surface area contributed by atoms with Crippen LogP contribution in [0, 0.1) is 5.41 Å². The molecule has 3 amide bonds. The van der Waals surface area contributed by atoms with Crippen molar-refractivity contribution in [2.24, 2.45) is 5.41 Å². The lowest BCUT2D eigenvalue weighted by atomic mass is 9.89. The predicted octanol–water partition coefficient (Wildman–Crippen LogP) is 6.30. The molecule has 1 aliphatic carbocycles. The summed E-state index contributed by atoms with van der Waals surface area (Å²) in [6.45, 7) is 14.2. The standard InChI is InChI=1S/C38H57N7O6/c1-9-29-34(47)43(7)30-23-39-35(42-32(30)45(29)26-12-10-11-13-26)41-28-15-14-25(22-31(28)49-8)33(46)40-24-38(5,6)18-21-50-27-16-19-44(20-17-27)36(48)51-37(2,3)4/h14-15,22-23,26-27,29H,9-13,16-21,24H2,1-8H3,(H,40,46)(H,39,41,42)/t29-/m1/s1. The minimum Gasteiger partial charge on any atom is -0.495 e. The smallest absolute Gasteiger partial charge is 0.410 e. The Balaban J connectivity index is 1.15. The zero-order valence-corrected chi connectivity index (χ0v) is 31.7. The molecule has 2 aromatic rings. The zero-order valence-electron chi connectivity index (χ0n) is 31.7. The Morgan fingerprint density at radius 3 is 2.39 bits per heavy atom. The molecule has 1 saturated carbocycles. The van der Waals surface area contributed by atoms with Crippen LogP contribution in [0.15, 0.2) is 24.4 Å². The molecule has 1 atom stereocenters. The number of nitrogens with one attached hydrogen (secondary N) is 2. The average Bonchev–Trinajstić information content (AvgIpc) is 3.63. The van der Waals surface area contributed by atoms with Crippen molar-refractivity contribution in [1.29, 1.82) is 0 Å². The molecule has 51 heavy (non-hydrogen) atoms. The van der Waals surface area contributed by atoms with Crippen molar-refractivity contribution in [1.82, 2.24) is 20.2 Å². The van der Waals surface area contributed by atoms with Gasteiger partial charge in [0, 0.05) is 44.9 Å². The van der Waals surface area contributed by atoms with E-state index in [1.807, 2.05) is 27.7 Å². The Labute approximate surface area is 302 Å². The van der Waals surface area contributed by atoms with Gasteiger partial charge in [0.2, 0.25) is 11.9 Å². The van der Waals surface area contributed by atoms with Gasteiger partial charge in [0.1, 0.15) is 23.1 Å². The van der Waals surface area contributed by atoms with E-state index in [2.05, 4.69) is 34.4 Å². The molecular weight excluding hydrogens is 650 g/mol. The molecule has 1 aromatic carbocycles. The normalized spacial score (nSPS) is 18.9. The molecule has 0 radical (unpaired) electrons. The third-order valence-corrected chi connectivity index (χ3v) is 10.1. The highest BCUT2D eigenvalue weighted by Crippen LogP contribution is 2.40. The Morgan fingerprint density at radius 2 is 1.75 bits per heavy atom. The quantitative estimate of drug-likeness (QED) is 0.259. The van der Waals surface area contributed by atoms with Gasteiger partial charge in [0.15, 0.2) is 5.82 Å². The Kier molecular flexibility index (Phi) is 12.0. The summed E-state index contributed by atoms with van der Waals surface area (Å²) >= 11 is 0. The molecule has 2 aliphatic heterocycles. The summed E-state index contributed by atoms with van der Waals surface area (Å²) in [5.41, 5.74) is 1.11. The van der Waals surface area contributed by atoms with Gasteiger partial charge in [-0.2, -0.15) is 4.98 Å². The van der Waals surface area contributed by atoms with E-state index in [-0.39, 0.29) is 41.5 Å². The van der Waals surface area contributed by atoms with Gasteiger partial charge in [-0.05, 0) is 82.9 Å². The number of aromatic nitrogens is 2. The topological polar surface area (TPSA) is 138 Å². The summed E-state index contributed by atoms with van der Waals surface area (Å²) in [7, 11) is 3.35. The lowest BCUT2D eigenvalue weighted by Crippen LogP contribution is -2.55. The van der Waals surface area contributed by atoms with Crippen LogP contribution < -0.4 is 25.2 Å². The monoisotopic (exact) mass is 707 g/mol. The third-order valence-electron chi connectivity index (χ3n) is 10.1. The molecule has 1 aromatic heterocycles. The van der Waals surface area contributed by atoms with Crippen LogP contribution in [0.4, 0.5) is 27.9 Å². The van der Waals surface area contributed by atoms with Crippen molar-refractivity contribution in [3.63, 3.8) is 0 Å². The highest BCUT2D eigenvalue weighted by Gasteiger charge is 2.41. The fourth-order valence-electron chi connectivity index (χ4n) is 7.04. The minimum atomic E-state index is -0.505. The van der Waals surface area contributed by atoms with Gasteiger partial charge < -0.3 is 39.5 Å². The summed E-state index contributed by atoms with van der Waals surface area (Å²) in [4.78, 5) is 53.9. The molecular formula is C38H57N7O6. The number of amides is 3. The molecule has 5 rings (SSSR count). The van der Waals surface area contributed by atoms with Crippen LogP contribution in [-0.4, -0.2) is 97.0 Å². The molecule has 1 saturated heterocycles. The lowest BCUT2D eigenvalue weighted by molar-refractivity contribution is -0.120. The van der Waals surface area contributed by atoms with Crippen LogP contribution in [-0.2, 0) is 14.3 Å². The Bertz CT molecular complexity index is 1550. The van der Waals surface area contributed by atoms with Crippen LogP contribution in [0.3, 0.4) is 0 Å². The van der Waals surface area contributed by atoms with Crippen LogP contribution in [0.1, 0.15) is 103 Å². The maximum atomic E-state index is 13.2. The van der Waals surface area contributed by atoms with Gasteiger partial charge in [-0.1, -0.05) is 33.6 Å². The van der Waals surface area contributed by atoms with Crippen molar-refractivity contribution in [2.75, 3.05) is 55.5 Å². The Morgan fingerprint density at radius 1 is 1.04 bits per heavy atom. The van der Waals surface area contributed by atoms with E-state index in [0.29, 0.717) is 61.3 Å². The molecule has 3 heterocycles. The summed E-state index contributed by atoms with van der Waals surface area (Å²) in [6, 6.07) is 5.27. The van der Waals surface area contributed by atoms with Crippen molar-refractivity contribution < 1.29 is 28.6 Å². The van der Waals surface area contributed by atoms with E-state index < -0.39 is 5.60 Å². The minimum absolute atomic E-state index is 0.0717. The summed E-state index contributed by atoms with van der Waals surface area (Å²) in [5, 5.41) is 6.36. The van der Waals surface area contributed by atoms with E-state index in [1.54, 1.807) is 48.4 Å². The van der Waals surface area contributed by atoms with Crippen molar-refractivity contribution in [3.05, 3.63) is 30.0 Å². The molecule has 0 spiro atoms. The number of fused-ring (bicyclic) bond motifs is 1. The molecule has 0 bridgehead atoms. The van der Waals surface area contributed by atoms with E-state index in [1.165, 1.54) is 0 Å². The van der Waals surface area contributed by atoms with Crippen molar-refractivity contribution >= 4 is 41.0 Å². The van der Waals surface area contributed by atoms with Gasteiger partial charge in [-0.25, -0.2) is 9.78 Å². The highest BCUT2D eigenvalue weighted by atomic mass is 16.6. The number of likely N-dealkylation sites (tertiary alicyclic amines) is 1. The van der Waals surface area contributed by atoms with Crippen LogP contribution in [0.25, 0.3) is 0 Å². The van der Waals surface area contributed by atoms with Gasteiger partial charge in [0.25, 0.3) is 5.91 Å². The second kappa shape index (κ2) is 16.0. The summed E-state index contributed by atoms with van der Waals surface area (Å²) < 4.78 is 17.3. The fraction of sp³-hybridized carbons (Fsp3) is 0.658. The first-order valence-corrected chi connectivity index (χ1v) is 18.5. The number of carbonyl (C=O) groups is 3. The Hall–Kier alpha value is -4.13. The first-order valence-electron chi connectivity index (χ1n) is 18.5. The number of ether oxygens (including phenoxy) is 3. The highest BCUT2D eigenvalue weighted by molar-refractivity contribution is 6.04. The molecule has 2 N–H and O–H groups in total. The molecule has 280 valence electrons. The maximum Gasteiger partial charge on any atom is 0.410 e. The van der Waals surface area contributed by atoms with E-state index in [9.17, 15) is 14.4 Å². The number of methoxy groups -OCH3 is 1. The number of likely N-dealkylation sites (N-methyl/N-ethyl adjacent to an activating group) is 1. The number of piperidine rings is 1. The van der Waals surface area contributed by atoms with Gasteiger partial charge in [-0.3, -0.25) is 9.59 Å². The average molecular weight is 708 g/mol. The third kappa shape index (κ3) is 9.41. The second-order valence-corrected chi connectivity index (χ2v) is 15.7. The number of nitrogens with zero attached hydrogens (tertiary/aromatic N) is 5. The van der Waals surface area contributed by atoms with E-state index in [4.69, 9.17) is 19.2 Å². The maximum absolute atomic E-state index is 13.2. The van der Waals surface area contributed by atoms with Crippen LogP contribution >= 0.6 is 0 Å². The first kappa shape index (κ1) is 38.1. The van der Waals surface area contributed by atoms with Gasteiger partial charge in [-0.15, -0.1) is 0 Å².